The zero-order valence-electron chi connectivity index (χ0n) is 18.8. The van der Waals surface area contributed by atoms with Crippen LogP contribution in [0.5, 0.6) is 0 Å². The first-order valence-corrected chi connectivity index (χ1v) is 13.9. The summed E-state index contributed by atoms with van der Waals surface area (Å²) in [6.07, 6.45) is 0.0702. The predicted octanol–water partition coefficient (Wildman–Crippen LogP) is 3.11. The smallest absolute Gasteiger partial charge is 0.262 e. The lowest BCUT2D eigenvalue weighted by molar-refractivity contribution is -0.125. The molecule has 3 aromatic rings. The van der Waals surface area contributed by atoms with Crippen LogP contribution in [0.4, 0.5) is 5.69 Å². The molecule has 3 heterocycles. The summed E-state index contributed by atoms with van der Waals surface area (Å²) in [5.41, 5.74) is 1.34. The molecule has 10 nitrogen and oxygen atoms in total. The Hall–Kier alpha value is -2.80. The average Bonchev–Trinajstić information content (AvgIpc) is 3.52. The van der Waals surface area contributed by atoms with Crippen molar-refractivity contribution in [2.75, 3.05) is 36.2 Å². The third-order valence-electron chi connectivity index (χ3n) is 5.41. The van der Waals surface area contributed by atoms with Crippen LogP contribution in [0.25, 0.3) is 11.5 Å². The number of hydrogen-bond donors (Lipinski definition) is 1. The molecular weight excluding hydrogens is 516 g/mol. The second kappa shape index (κ2) is 10.9. The third kappa shape index (κ3) is 6.26. The van der Waals surface area contributed by atoms with Gasteiger partial charge in [-0.15, -0.1) is 21.5 Å². The fraction of sp³-hybridized carbons (Fsp3) is 0.364. The molecule has 35 heavy (non-hydrogen) atoms. The number of sulfone groups is 1. The molecule has 1 aliphatic rings. The number of aromatic nitrogens is 2. The van der Waals surface area contributed by atoms with Crippen LogP contribution in [0, 0.1) is 0 Å². The molecule has 0 radical (unpaired) electrons. The Morgan fingerprint density at radius 1 is 1.23 bits per heavy atom. The highest BCUT2D eigenvalue weighted by molar-refractivity contribution is 7.91. The molecule has 1 atom stereocenters. The number of thiophene rings is 1. The van der Waals surface area contributed by atoms with E-state index in [2.05, 4.69) is 15.5 Å². The van der Waals surface area contributed by atoms with E-state index in [1.54, 1.807) is 48.2 Å². The zero-order chi connectivity index (χ0) is 25.0. The van der Waals surface area contributed by atoms with E-state index < -0.39 is 21.8 Å². The number of carbonyl (C=O) groups is 2. The Morgan fingerprint density at radius 2 is 2.00 bits per heavy atom. The van der Waals surface area contributed by atoms with Crippen molar-refractivity contribution in [2.45, 2.75) is 19.4 Å². The molecule has 2 aromatic heterocycles. The lowest BCUT2D eigenvalue weighted by Gasteiger charge is -2.26. The quantitative estimate of drug-likeness (QED) is 0.439. The molecule has 2 amide bonds. The first-order chi connectivity index (χ1) is 16.8. The minimum atomic E-state index is -3.29. The second-order valence-electron chi connectivity index (χ2n) is 7.75. The number of carbonyl (C=O) groups excluding carboxylic acids is 2. The molecule has 13 heteroatoms. The highest BCUT2D eigenvalue weighted by atomic mass is 35.5. The van der Waals surface area contributed by atoms with E-state index in [-0.39, 0.29) is 42.2 Å². The van der Waals surface area contributed by atoms with Gasteiger partial charge in [0.2, 0.25) is 11.8 Å². The van der Waals surface area contributed by atoms with E-state index in [1.807, 2.05) is 0 Å². The van der Waals surface area contributed by atoms with E-state index in [0.717, 1.165) is 17.0 Å². The summed E-state index contributed by atoms with van der Waals surface area (Å²) in [4.78, 5) is 26.8. The molecule has 186 valence electrons. The van der Waals surface area contributed by atoms with Crippen molar-refractivity contribution in [3.8, 4) is 11.5 Å². The van der Waals surface area contributed by atoms with Crippen LogP contribution < -0.4 is 10.2 Å². The fourth-order valence-corrected chi connectivity index (χ4v) is 5.26. The first-order valence-electron chi connectivity index (χ1n) is 10.8. The molecule has 1 N–H and O–H groups in total. The van der Waals surface area contributed by atoms with E-state index in [1.165, 1.54) is 0 Å². The highest BCUT2D eigenvalue weighted by Gasteiger charge is 2.25. The Bertz CT molecular complexity index is 1310. The minimum absolute atomic E-state index is 0.0126. The van der Waals surface area contributed by atoms with Crippen LogP contribution in [0.3, 0.4) is 0 Å². The molecule has 0 bridgehead atoms. The van der Waals surface area contributed by atoms with Crippen molar-refractivity contribution >= 4 is 50.3 Å². The molecular formula is C22H23ClN4O6S2. The lowest BCUT2D eigenvalue weighted by atomic mass is 10.2. The van der Waals surface area contributed by atoms with Crippen molar-refractivity contribution < 1.29 is 27.2 Å². The lowest BCUT2D eigenvalue weighted by Crippen LogP contribution is -2.41. The van der Waals surface area contributed by atoms with Gasteiger partial charge in [-0.2, -0.15) is 0 Å². The number of morpholine rings is 1. The van der Waals surface area contributed by atoms with E-state index >= 15 is 0 Å². The topological polar surface area (TPSA) is 132 Å². The van der Waals surface area contributed by atoms with Crippen molar-refractivity contribution in [1.82, 2.24) is 15.5 Å². The molecule has 1 fully saturated rings. The molecule has 4 rings (SSSR count). The van der Waals surface area contributed by atoms with Gasteiger partial charge in [-0.3, -0.25) is 9.59 Å². The second-order valence-corrected chi connectivity index (χ2v) is 11.9. The van der Waals surface area contributed by atoms with Crippen molar-refractivity contribution in [2.24, 2.45) is 0 Å². The highest BCUT2D eigenvalue weighted by Crippen LogP contribution is 2.27. The maximum absolute atomic E-state index is 12.7. The molecule has 1 aliphatic heterocycles. The summed E-state index contributed by atoms with van der Waals surface area (Å²) in [5, 5.41) is 10.9. The number of rotatable bonds is 9. The summed E-state index contributed by atoms with van der Waals surface area (Å²) in [6, 6.07) is 9.43. The Balaban J connectivity index is 1.53. The van der Waals surface area contributed by atoms with Gasteiger partial charge in [0.25, 0.3) is 11.8 Å². The number of amides is 2. The molecule has 1 aromatic carbocycles. The van der Waals surface area contributed by atoms with Gasteiger partial charge in [0, 0.05) is 23.5 Å². The van der Waals surface area contributed by atoms with Gasteiger partial charge >= 0.3 is 0 Å². The largest absolute Gasteiger partial charge is 0.418 e. The summed E-state index contributed by atoms with van der Waals surface area (Å²) in [6.45, 7) is 2.56. The Labute approximate surface area is 211 Å². The molecule has 0 aliphatic carbocycles. The summed E-state index contributed by atoms with van der Waals surface area (Å²) in [7, 11) is -3.29. The monoisotopic (exact) mass is 538 g/mol. The van der Waals surface area contributed by atoms with Gasteiger partial charge in [0.05, 0.1) is 21.6 Å². The Kier molecular flexibility index (Phi) is 7.85. The normalized spacial score (nSPS) is 15.3. The Morgan fingerprint density at radius 3 is 2.66 bits per heavy atom. The van der Waals surface area contributed by atoms with Crippen LogP contribution in [0.15, 0.2) is 40.8 Å². The summed E-state index contributed by atoms with van der Waals surface area (Å²) >= 11 is 7.04. The van der Waals surface area contributed by atoms with E-state index in [0.29, 0.717) is 27.9 Å². The molecule has 1 saturated heterocycles. The molecule has 0 spiro atoms. The van der Waals surface area contributed by atoms with Crippen LogP contribution in [-0.4, -0.2) is 61.7 Å². The SMILES string of the molecule is CCS(=O)(=O)CCC(NC(=O)c1ccc(Cl)s1)c1nnc(-c2ccc(N3CCOCC3=O)cc2)o1. The number of benzene rings is 1. The zero-order valence-corrected chi connectivity index (χ0v) is 21.2. The van der Waals surface area contributed by atoms with Crippen LogP contribution in [0.2, 0.25) is 4.34 Å². The van der Waals surface area contributed by atoms with Gasteiger partial charge in [0.1, 0.15) is 22.5 Å². The third-order valence-corrected chi connectivity index (χ3v) is 8.38. The molecule has 1 unspecified atom stereocenters. The maximum atomic E-state index is 12.7. The van der Waals surface area contributed by atoms with Crippen LogP contribution in [0.1, 0.15) is 34.9 Å². The standard InChI is InChI=1S/C22H23ClN4O6S2/c1-2-35(30,31)12-9-16(24-20(29)17-7-8-18(23)34-17)22-26-25-21(33-22)14-3-5-15(6-4-14)27-10-11-32-13-19(27)28/h3-8,16H,2,9-13H2,1H3,(H,24,29). The van der Waals surface area contributed by atoms with E-state index in [4.69, 9.17) is 20.8 Å². The summed E-state index contributed by atoms with van der Waals surface area (Å²) in [5.74, 6) is -0.399. The number of nitrogens with zero attached hydrogens (tertiary/aromatic N) is 3. The average molecular weight is 539 g/mol. The van der Waals surface area contributed by atoms with Gasteiger partial charge < -0.3 is 19.4 Å². The van der Waals surface area contributed by atoms with E-state index in [9.17, 15) is 18.0 Å². The number of anilines is 1. The van der Waals surface area contributed by atoms with Gasteiger partial charge in [-0.1, -0.05) is 18.5 Å². The first kappa shape index (κ1) is 25.3. The fourth-order valence-electron chi connectivity index (χ4n) is 3.43. The van der Waals surface area contributed by atoms with Crippen molar-refractivity contribution in [3.05, 3.63) is 51.5 Å². The van der Waals surface area contributed by atoms with Crippen molar-refractivity contribution in [3.63, 3.8) is 0 Å². The van der Waals surface area contributed by atoms with Crippen LogP contribution >= 0.6 is 22.9 Å². The summed E-state index contributed by atoms with van der Waals surface area (Å²) < 4.78 is 35.6. The number of hydrogen-bond acceptors (Lipinski definition) is 9. The van der Waals surface area contributed by atoms with Gasteiger partial charge in [-0.05, 0) is 42.8 Å². The number of nitrogens with one attached hydrogen (secondary N) is 1. The molecule has 0 saturated carbocycles. The number of ether oxygens (including phenoxy) is 1. The minimum Gasteiger partial charge on any atom is -0.418 e. The predicted molar refractivity (Wildman–Crippen MR) is 131 cm³/mol. The van der Waals surface area contributed by atoms with Gasteiger partial charge in [-0.25, -0.2) is 8.42 Å². The van der Waals surface area contributed by atoms with Crippen LogP contribution in [-0.2, 0) is 19.4 Å². The van der Waals surface area contributed by atoms with Crippen molar-refractivity contribution in [1.29, 1.82) is 0 Å². The maximum Gasteiger partial charge on any atom is 0.262 e. The van der Waals surface area contributed by atoms with Gasteiger partial charge in [0.15, 0.2) is 0 Å². The number of halogens is 1.